The minimum absolute atomic E-state index is 0.156. The summed E-state index contributed by atoms with van der Waals surface area (Å²) in [6.07, 6.45) is 7.28. The Morgan fingerprint density at radius 2 is 2.07 bits per heavy atom. The Morgan fingerprint density at radius 3 is 2.80 bits per heavy atom. The van der Waals surface area contributed by atoms with Gasteiger partial charge in [0.15, 0.2) is 0 Å². The summed E-state index contributed by atoms with van der Waals surface area (Å²) in [5, 5.41) is 0. The van der Waals surface area contributed by atoms with E-state index in [2.05, 4.69) is 0 Å². The van der Waals surface area contributed by atoms with E-state index >= 15 is 0 Å². The molecule has 1 saturated carbocycles. The van der Waals surface area contributed by atoms with Crippen molar-refractivity contribution < 1.29 is 14.4 Å². The molecule has 0 heterocycles. The minimum atomic E-state index is -0.458. The smallest absolute Gasteiger partial charge is 0.206 e. The maximum Gasteiger partial charge on any atom is 0.206 e. The molecule has 1 fully saturated rings. The fourth-order valence-corrected chi connectivity index (χ4v) is 3.13. The van der Waals surface area contributed by atoms with Crippen LogP contribution in [0.3, 0.4) is 0 Å². The van der Waals surface area contributed by atoms with Crippen LogP contribution in [-0.2, 0) is 14.4 Å². The quantitative estimate of drug-likeness (QED) is 0.357. The first-order chi connectivity index (χ1) is 7.24. The molecule has 76 valence electrons. The Balaban J connectivity index is 2.15. The molecule has 4 atom stereocenters. The number of ketones is 2. The van der Waals surface area contributed by atoms with Crippen molar-refractivity contribution in [2.75, 3.05) is 0 Å². The van der Waals surface area contributed by atoms with Gasteiger partial charge in [-0.05, 0) is 23.8 Å². The van der Waals surface area contributed by atoms with E-state index < -0.39 is 5.92 Å². The maximum atomic E-state index is 11.7. The molecule has 0 aromatic carbocycles. The van der Waals surface area contributed by atoms with Crippen molar-refractivity contribution in [1.82, 2.24) is 0 Å². The maximum absolute atomic E-state index is 11.7. The largest absolute Gasteiger partial charge is 0.298 e. The van der Waals surface area contributed by atoms with Crippen LogP contribution in [-0.4, -0.2) is 17.9 Å². The van der Waals surface area contributed by atoms with E-state index in [1.165, 1.54) is 0 Å². The Hall–Kier alpha value is -1.51. The van der Waals surface area contributed by atoms with E-state index in [0.29, 0.717) is 5.57 Å². The molecular weight excluding hydrogens is 192 g/mol. The summed E-state index contributed by atoms with van der Waals surface area (Å²) >= 11 is 0. The first kappa shape index (κ1) is 8.77. The standard InChI is InChI=1S/C12H10O3/c13-5-6-4-9-7-2-1-3-8(7)10(6)12(15)11(9)14/h1-2,4-5,7-10H,3H2. The summed E-state index contributed by atoms with van der Waals surface area (Å²) in [7, 11) is 0. The third-order valence-electron chi connectivity index (χ3n) is 3.80. The van der Waals surface area contributed by atoms with Crippen LogP contribution in [0.5, 0.6) is 0 Å². The number of carbonyl (C=O) groups is 3. The first-order valence-electron chi connectivity index (χ1n) is 5.15. The van der Waals surface area contributed by atoms with E-state index in [-0.39, 0.29) is 29.3 Å². The summed E-state index contributed by atoms with van der Waals surface area (Å²) in [4.78, 5) is 34.2. The van der Waals surface area contributed by atoms with Crippen LogP contribution < -0.4 is 0 Å². The Labute approximate surface area is 86.8 Å². The third kappa shape index (κ3) is 0.928. The van der Waals surface area contributed by atoms with Gasteiger partial charge in [-0.2, -0.15) is 0 Å². The van der Waals surface area contributed by atoms with Gasteiger partial charge < -0.3 is 0 Å². The van der Waals surface area contributed by atoms with Gasteiger partial charge in [0.05, 0.1) is 11.8 Å². The van der Waals surface area contributed by atoms with Crippen LogP contribution in [0.25, 0.3) is 0 Å². The Morgan fingerprint density at radius 1 is 1.27 bits per heavy atom. The molecule has 0 saturated heterocycles. The SMILES string of the molecule is O=CC1=CC2C(=O)C(=O)C1C1CC=CC21. The predicted molar refractivity (Wildman–Crippen MR) is 51.9 cm³/mol. The summed E-state index contributed by atoms with van der Waals surface area (Å²) in [6.45, 7) is 0. The molecule has 15 heavy (non-hydrogen) atoms. The highest BCUT2D eigenvalue weighted by molar-refractivity contribution is 6.42. The molecule has 0 aromatic heterocycles. The highest BCUT2D eigenvalue weighted by Gasteiger charge is 2.53. The van der Waals surface area contributed by atoms with Gasteiger partial charge in [0.2, 0.25) is 11.6 Å². The average molecular weight is 202 g/mol. The van der Waals surface area contributed by atoms with Crippen molar-refractivity contribution in [1.29, 1.82) is 0 Å². The molecule has 0 amide bonds. The molecule has 2 bridgehead atoms. The number of Topliss-reactive ketones (excluding diaryl/α,β-unsaturated/α-hetero) is 2. The van der Waals surface area contributed by atoms with Crippen molar-refractivity contribution >= 4 is 17.9 Å². The molecule has 4 aliphatic rings. The molecule has 4 aliphatic carbocycles. The summed E-state index contributed by atoms with van der Waals surface area (Å²) in [5.41, 5.74) is 0.523. The zero-order chi connectivity index (χ0) is 10.6. The lowest BCUT2D eigenvalue weighted by atomic mass is 9.59. The molecule has 4 rings (SSSR count). The number of fused-ring (bicyclic) bond motifs is 1. The van der Waals surface area contributed by atoms with Crippen molar-refractivity contribution in [2.24, 2.45) is 23.7 Å². The molecule has 0 N–H and O–H groups in total. The van der Waals surface area contributed by atoms with Crippen molar-refractivity contribution in [3.05, 3.63) is 23.8 Å². The Kier molecular flexibility index (Phi) is 1.61. The van der Waals surface area contributed by atoms with Crippen LogP contribution >= 0.6 is 0 Å². The van der Waals surface area contributed by atoms with Gasteiger partial charge in [-0.15, -0.1) is 0 Å². The zero-order valence-corrected chi connectivity index (χ0v) is 8.05. The molecule has 3 nitrogen and oxygen atoms in total. The minimum Gasteiger partial charge on any atom is -0.298 e. The second-order valence-electron chi connectivity index (χ2n) is 4.42. The number of rotatable bonds is 1. The lowest BCUT2D eigenvalue weighted by Gasteiger charge is -2.40. The van der Waals surface area contributed by atoms with Gasteiger partial charge in [-0.25, -0.2) is 0 Å². The highest BCUT2D eigenvalue weighted by atomic mass is 16.2. The van der Waals surface area contributed by atoms with Crippen LogP contribution in [0.2, 0.25) is 0 Å². The van der Waals surface area contributed by atoms with Gasteiger partial charge in [0.1, 0.15) is 6.29 Å². The average Bonchev–Trinajstić information content (AvgIpc) is 2.72. The van der Waals surface area contributed by atoms with Crippen molar-refractivity contribution in [3.8, 4) is 0 Å². The molecule has 3 heteroatoms. The van der Waals surface area contributed by atoms with Crippen molar-refractivity contribution in [2.45, 2.75) is 6.42 Å². The molecular formula is C12H10O3. The third-order valence-corrected chi connectivity index (χ3v) is 3.80. The second-order valence-corrected chi connectivity index (χ2v) is 4.42. The lowest BCUT2D eigenvalue weighted by Crippen LogP contribution is -2.49. The van der Waals surface area contributed by atoms with Gasteiger partial charge in [-0.3, -0.25) is 14.4 Å². The van der Waals surface area contributed by atoms with Crippen LogP contribution in [0.15, 0.2) is 23.8 Å². The van der Waals surface area contributed by atoms with Gasteiger partial charge >= 0.3 is 0 Å². The van der Waals surface area contributed by atoms with E-state index in [0.717, 1.165) is 12.7 Å². The van der Waals surface area contributed by atoms with E-state index in [1.54, 1.807) is 6.08 Å². The second kappa shape index (κ2) is 2.75. The van der Waals surface area contributed by atoms with Gasteiger partial charge in [0, 0.05) is 0 Å². The first-order valence-corrected chi connectivity index (χ1v) is 5.15. The molecule has 0 radical (unpaired) electrons. The van der Waals surface area contributed by atoms with Gasteiger partial charge in [-0.1, -0.05) is 18.2 Å². The molecule has 0 aromatic rings. The molecule has 0 spiro atoms. The van der Waals surface area contributed by atoms with Crippen LogP contribution in [0, 0.1) is 23.7 Å². The number of aldehydes is 1. The Bertz CT molecular complexity index is 430. The van der Waals surface area contributed by atoms with Crippen LogP contribution in [0.4, 0.5) is 0 Å². The van der Waals surface area contributed by atoms with E-state index in [9.17, 15) is 14.4 Å². The number of allylic oxidation sites excluding steroid dienone is 4. The monoisotopic (exact) mass is 202 g/mol. The highest BCUT2D eigenvalue weighted by Crippen LogP contribution is 2.49. The fraction of sp³-hybridized carbons (Fsp3) is 0.417. The number of carbonyl (C=O) groups excluding carboxylic acids is 3. The normalized spacial score (nSPS) is 41.7. The van der Waals surface area contributed by atoms with Crippen molar-refractivity contribution in [3.63, 3.8) is 0 Å². The predicted octanol–water partition coefficient (Wildman–Crippen LogP) is 0.702. The van der Waals surface area contributed by atoms with E-state index in [1.807, 2.05) is 12.2 Å². The molecule has 0 aliphatic heterocycles. The van der Waals surface area contributed by atoms with Crippen LogP contribution in [0.1, 0.15) is 6.42 Å². The lowest BCUT2D eigenvalue weighted by molar-refractivity contribution is -0.146. The fourth-order valence-electron chi connectivity index (χ4n) is 3.13. The number of hydrogen-bond donors (Lipinski definition) is 0. The van der Waals surface area contributed by atoms with E-state index in [4.69, 9.17) is 0 Å². The summed E-state index contributed by atoms with van der Waals surface area (Å²) < 4.78 is 0. The zero-order valence-electron chi connectivity index (χ0n) is 8.05. The van der Waals surface area contributed by atoms with Gasteiger partial charge in [0.25, 0.3) is 0 Å². The number of hydrogen-bond acceptors (Lipinski definition) is 3. The molecule has 4 unspecified atom stereocenters. The summed E-state index contributed by atoms with van der Waals surface area (Å²) in [6, 6.07) is 0. The topological polar surface area (TPSA) is 51.2 Å². The summed E-state index contributed by atoms with van der Waals surface area (Å²) in [5.74, 6) is -1.17.